The Kier molecular flexibility index (Phi) is 6.19. The third-order valence-corrected chi connectivity index (χ3v) is 7.55. The Labute approximate surface area is 193 Å². The van der Waals surface area contributed by atoms with Crippen molar-refractivity contribution in [1.29, 1.82) is 0 Å². The summed E-state index contributed by atoms with van der Waals surface area (Å²) in [7, 11) is 0. The summed E-state index contributed by atoms with van der Waals surface area (Å²) in [6, 6.07) is 7.66. The monoisotopic (exact) mass is 478 g/mol. The second-order valence-corrected chi connectivity index (χ2v) is 9.77. The Bertz CT molecular complexity index is 1060. The smallest absolute Gasteiger partial charge is 0.273 e. The molecule has 0 N–H and O–H groups in total. The normalized spacial score (nSPS) is 23.1. The Morgan fingerprint density at radius 2 is 1.84 bits per heavy atom. The first kappa shape index (κ1) is 22.0. The van der Waals surface area contributed by atoms with E-state index in [0.29, 0.717) is 23.6 Å². The molecule has 0 bridgehead atoms. The molecule has 2 fully saturated rings. The summed E-state index contributed by atoms with van der Waals surface area (Å²) in [4.78, 5) is 53.1. The third-order valence-electron chi connectivity index (χ3n) is 5.90. The molecule has 2 aromatic rings. The third kappa shape index (κ3) is 4.14. The van der Waals surface area contributed by atoms with E-state index in [1.165, 1.54) is 29.5 Å². The first-order valence-electron chi connectivity index (χ1n) is 9.99. The molecule has 0 spiro atoms. The van der Waals surface area contributed by atoms with Gasteiger partial charge in [0.1, 0.15) is 6.54 Å². The number of amides is 3. The van der Waals surface area contributed by atoms with Crippen LogP contribution < -0.4 is 0 Å². The molecule has 3 atom stereocenters. The average molecular weight is 479 g/mol. The van der Waals surface area contributed by atoms with E-state index in [1.54, 1.807) is 17.5 Å². The molecular weight excluding hydrogens is 459 g/mol. The summed E-state index contributed by atoms with van der Waals surface area (Å²) >= 11 is 13.3. The van der Waals surface area contributed by atoms with E-state index in [9.17, 15) is 19.2 Å². The number of halogens is 2. The Morgan fingerprint density at radius 3 is 2.52 bits per heavy atom. The van der Waals surface area contributed by atoms with Crippen molar-refractivity contribution in [2.24, 2.45) is 17.8 Å². The number of ketones is 1. The van der Waals surface area contributed by atoms with Gasteiger partial charge in [0.05, 0.1) is 26.8 Å². The van der Waals surface area contributed by atoms with Crippen LogP contribution in [0, 0.1) is 17.8 Å². The second kappa shape index (κ2) is 8.73. The van der Waals surface area contributed by atoms with Crippen LogP contribution in [0.4, 0.5) is 0 Å². The summed E-state index contributed by atoms with van der Waals surface area (Å²) in [6.07, 6.45) is 2.04. The van der Waals surface area contributed by atoms with Crippen molar-refractivity contribution < 1.29 is 19.2 Å². The van der Waals surface area contributed by atoms with E-state index in [0.717, 1.165) is 16.4 Å². The van der Waals surface area contributed by atoms with Crippen LogP contribution in [-0.2, 0) is 9.59 Å². The number of hydrogen-bond donors (Lipinski definition) is 0. The zero-order valence-electron chi connectivity index (χ0n) is 16.7. The van der Waals surface area contributed by atoms with Crippen LogP contribution in [0.2, 0.25) is 10.0 Å². The van der Waals surface area contributed by atoms with E-state index < -0.39 is 36.1 Å². The lowest BCUT2D eigenvalue weighted by atomic mass is 9.76. The predicted octanol–water partition coefficient (Wildman–Crippen LogP) is 4.72. The fourth-order valence-corrected chi connectivity index (χ4v) is 5.23. The van der Waals surface area contributed by atoms with Gasteiger partial charge in [-0.1, -0.05) is 36.2 Å². The van der Waals surface area contributed by atoms with E-state index in [-0.39, 0.29) is 21.4 Å². The standard InChI is InChI=1S/C22H20Cl2N2O4S/c1-12-4-6-14-15(9-12)22(30)26(21(14)29)25(11-18(27)19-3-2-8-31-19)20(28)13-5-7-16(23)17(24)10-13/h2-3,5,7-8,10,12,14-15H,4,6,9,11H2,1H3/t12-,14+,15+/m1/s1. The summed E-state index contributed by atoms with van der Waals surface area (Å²) in [5.74, 6) is -2.45. The van der Waals surface area contributed by atoms with E-state index in [2.05, 4.69) is 6.92 Å². The van der Waals surface area contributed by atoms with Crippen LogP contribution in [-0.4, -0.2) is 40.1 Å². The van der Waals surface area contributed by atoms with Gasteiger partial charge in [-0.05, 0) is 54.8 Å². The average Bonchev–Trinajstić information content (AvgIpc) is 3.36. The molecule has 2 heterocycles. The maximum Gasteiger partial charge on any atom is 0.273 e. The number of hydrazine groups is 1. The van der Waals surface area contributed by atoms with Gasteiger partial charge in [-0.2, -0.15) is 5.01 Å². The van der Waals surface area contributed by atoms with Gasteiger partial charge >= 0.3 is 0 Å². The Hall–Kier alpha value is -2.22. The Balaban J connectivity index is 1.70. The quantitative estimate of drug-likeness (QED) is 0.460. The molecule has 0 radical (unpaired) electrons. The van der Waals surface area contributed by atoms with Gasteiger partial charge in [-0.15, -0.1) is 11.3 Å². The SMILES string of the molecule is C[C@@H]1CC[C@@H]2C(=O)N(N(CC(=O)c3cccs3)C(=O)c3ccc(Cl)c(Cl)c3)C(=O)[C@H]2C1. The number of fused-ring (bicyclic) bond motifs is 1. The van der Waals surface area contributed by atoms with Crippen molar-refractivity contribution in [2.75, 3.05) is 6.54 Å². The molecule has 31 heavy (non-hydrogen) atoms. The van der Waals surface area contributed by atoms with Gasteiger partial charge in [0, 0.05) is 5.56 Å². The first-order chi connectivity index (χ1) is 14.8. The number of Topliss-reactive ketones (excluding diaryl/α,β-unsaturated/α-hetero) is 1. The number of nitrogens with zero attached hydrogens (tertiary/aromatic N) is 2. The van der Waals surface area contributed by atoms with Crippen molar-refractivity contribution in [3.63, 3.8) is 0 Å². The minimum atomic E-state index is -0.656. The lowest BCUT2D eigenvalue weighted by Crippen LogP contribution is -2.52. The van der Waals surface area contributed by atoms with E-state index >= 15 is 0 Å². The molecule has 1 aromatic heterocycles. The molecule has 1 saturated heterocycles. The molecule has 9 heteroatoms. The van der Waals surface area contributed by atoms with E-state index in [1.807, 2.05) is 0 Å². The van der Waals surface area contributed by atoms with Crippen LogP contribution >= 0.6 is 34.5 Å². The highest BCUT2D eigenvalue weighted by Crippen LogP contribution is 2.41. The molecule has 1 aliphatic heterocycles. The van der Waals surface area contributed by atoms with Crippen molar-refractivity contribution in [3.05, 3.63) is 56.2 Å². The van der Waals surface area contributed by atoms with Gasteiger partial charge < -0.3 is 0 Å². The number of benzene rings is 1. The van der Waals surface area contributed by atoms with Crippen molar-refractivity contribution in [1.82, 2.24) is 10.0 Å². The summed E-state index contributed by atoms with van der Waals surface area (Å²) < 4.78 is 0. The Morgan fingerprint density at radius 1 is 1.10 bits per heavy atom. The number of carbonyl (C=O) groups is 4. The van der Waals surface area contributed by atoms with Crippen molar-refractivity contribution >= 4 is 58.0 Å². The molecule has 2 aliphatic rings. The first-order valence-corrected chi connectivity index (χ1v) is 11.6. The van der Waals surface area contributed by atoms with Crippen LogP contribution in [0.1, 0.15) is 46.2 Å². The van der Waals surface area contributed by atoms with Gasteiger partial charge in [0.2, 0.25) is 0 Å². The molecule has 162 valence electrons. The second-order valence-electron chi connectivity index (χ2n) is 8.01. The number of thiophene rings is 1. The fourth-order valence-electron chi connectivity index (χ4n) is 4.27. The highest BCUT2D eigenvalue weighted by atomic mass is 35.5. The highest BCUT2D eigenvalue weighted by Gasteiger charge is 2.52. The van der Waals surface area contributed by atoms with Crippen molar-refractivity contribution in [2.45, 2.75) is 26.2 Å². The zero-order valence-corrected chi connectivity index (χ0v) is 19.0. The maximum atomic E-state index is 13.4. The summed E-state index contributed by atoms with van der Waals surface area (Å²) in [5.41, 5.74) is 0.136. The van der Waals surface area contributed by atoms with E-state index in [4.69, 9.17) is 23.2 Å². The van der Waals surface area contributed by atoms with Gasteiger partial charge in [0.15, 0.2) is 5.78 Å². The minimum Gasteiger partial charge on any atom is -0.291 e. The van der Waals surface area contributed by atoms with Gasteiger partial charge in [-0.25, -0.2) is 5.01 Å². The molecule has 3 amide bonds. The summed E-state index contributed by atoms with van der Waals surface area (Å²) in [5, 5.41) is 4.05. The summed E-state index contributed by atoms with van der Waals surface area (Å²) in [6.45, 7) is 1.63. The lowest BCUT2D eigenvalue weighted by molar-refractivity contribution is -0.154. The van der Waals surface area contributed by atoms with Gasteiger partial charge in [-0.3, -0.25) is 19.2 Å². The largest absolute Gasteiger partial charge is 0.291 e. The number of carbonyl (C=O) groups excluding carboxylic acids is 4. The van der Waals surface area contributed by atoms with Crippen LogP contribution in [0.3, 0.4) is 0 Å². The highest BCUT2D eigenvalue weighted by molar-refractivity contribution is 7.12. The zero-order chi connectivity index (χ0) is 22.3. The minimum absolute atomic E-state index is 0.136. The number of hydrogen-bond acceptors (Lipinski definition) is 5. The molecule has 4 rings (SSSR count). The maximum absolute atomic E-state index is 13.4. The molecule has 0 unspecified atom stereocenters. The molecular formula is C22H20Cl2N2O4S. The molecule has 1 aliphatic carbocycles. The topological polar surface area (TPSA) is 74.8 Å². The van der Waals surface area contributed by atoms with Gasteiger partial charge in [0.25, 0.3) is 17.7 Å². The lowest BCUT2D eigenvalue weighted by Gasteiger charge is -2.30. The molecule has 1 saturated carbocycles. The fraction of sp³-hybridized carbons (Fsp3) is 0.364. The van der Waals surface area contributed by atoms with Crippen LogP contribution in [0.25, 0.3) is 0 Å². The van der Waals surface area contributed by atoms with Crippen molar-refractivity contribution in [3.8, 4) is 0 Å². The number of imide groups is 1. The molecule has 1 aromatic carbocycles. The predicted molar refractivity (Wildman–Crippen MR) is 118 cm³/mol. The number of rotatable bonds is 5. The molecule has 6 nitrogen and oxygen atoms in total. The van der Waals surface area contributed by atoms with Crippen LogP contribution in [0.5, 0.6) is 0 Å². The van der Waals surface area contributed by atoms with Crippen LogP contribution in [0.15, 0.2) is 35.7 Å².